The van der Waals surface area contributed by atoms with Gasteiger partial charge in [0, 0.05) is 25.2 Å². The predicted molar refractivity (Wildman–Crippen MR) is 84.2 cm³/mol. The molecule has 6 nitrogen and oxygen atoms in total. The summed E-state index contributed by atoms with van der Waals surface area (Å²) in [5.41, 5.74) is 1.62. The van der Waals surface area contributed by atoms with Gasteiger partial charge in [0.1, 0.15) is 0 Å². The summed E-state index contributed by atoms with van der Waals surface area (Å²) in [4.78, 5) is 13.3. The van der Waals surface area contributed by atoms with Gasteiger partial charge in [-0.15, -0.1) is 0 Å². The van der Waals surface area contributed by atoms with Gasteiger partial charge in [-0.1, -0.05) is 13.8 Å². The molecule has 0 bridgehead atoms. The van der Waals surface area contributed by atoms with Crippen molar-refractivity contribution in [1.29, 1.82) is 0 Å². The molecule has 1 aliphatic heterocycles. The van der Waals surface area contributed by atoms with Crippen molar-refractivity contribution >= 4 is 21.6 Å². The number of nitrogens with zero attached hydrogens (tertiary/aromatic N) is 1. The molecule has 0 saturated carbocycles. The van der Waals surface area contributed by atoms with E-state index < -0.39 is 16.1 Å². The molecule has 1 heterocycles. The number of carbonyl (C=O) groups excluding carboxylic acids is 1. The fourth-order valence-electron chi connectivity index (χ4n) is 2.52. The van der Waals surface area contributed by atoms with E-state index in [1.807, 2.05) is 13.8 Å². The summed E-state index contributed by atoms with van der Waals surface area (Å²) in [6, 6.07) is 4.25. The van der Waals surface area contributed by atoms with Gasteiger partial charge in [-0.05, 0) is 36.1 Å². The summed E-state index contributed by atoms with van der Waals surface area (Å²) in [6.45, 7) is 5.51. The van der Waals surface area contributed by atoms with Crippen molar-refractivity contribution in [1.82, 2.24) is 4.72 Å². The normalized spacial score (nSPS) is 16.0. The van der Waals surface area contributed by atoms with Crippen LogP contribution in [0.5, 0.6) is 0 Å². The number of aliphatic hydroxyl groups is 1. The number of carbonyl (C=O) groups is 1. The van der Waals surface area contributed by atoms with Crippen molar-refractivity contribution in [2.45, 2.75) is 38.1 Å². The first kappa shape index (κ1) is 16.9. The second-order valence-electron chi connectivity index (χ2n) is 5.87. The maximum absolute atomic E-state index is 12.4. The Bertz CT molecular complexity index is 670. The average Bonchev–Trinajstić information content (AvgIpc) is 2.87. The number of anilines is 1. The standard InChI is InChI=1S/C15H22N2O4S/c1-10(2)14(9-18)16-22(20,21)13-4-5-15-12(8-13)6-7-17(15)11(3)19/h4-5,8,10,14,16,18H,6-7,9H2,1-3H3/t14-/m1/s1. The quantitative estimate of drug-likeness (QED) is 0.841. The first-order valence-corrected chi connectivity index (χ1v) is 8.79. The van der Waals surface area contributed by atoms with Gasteiger partial charge < -0.3 is 10.0 Å². The molecule has 122 valence electrons. The number of nitrogens with one attached hydrogen (secondary N) is 1. The van der Waals surface area contributed by atoms with E-state index in [4.69, 9.17) is 0 Å². The zero-order valence-corrected chi connectivity index (χ0v) is 13.9. The third-order valence-electron chi connectivity index (χ3n) is 3.94. The molecule has 0 radical (unpaired) electrons. The Labute approximate surface area is 131 Å². The number of fused-ring (bicyclic) bond motifs is 1. The summed E-state index contributed by atoms with van der Waals surface area (Å²) >= 11 is 0. The number of rotatable bonds is 5. The zero-order valence-electron chi connectivity index (χ0n) is 13.0. The highest BCUT2D eigenvalue weighted by Gasteiger charge is 2.26. The molecule has 7 heteroatoms. The van der Waals surface area contributed by atoms with E-state index >= 15 is 0 Å². The van der Waals surface area contributed by atoms with Crippen LogP contribution in [0, 0.1) is 5.92 Å². The van der Waals surface area contributed by atoms with Gasteiger partial charge in [0.05, 0.1) is 11.5 Å². The highest BCUT2D eigenvalue weighted by atomic mass is 32.2. The monoisotopic (exact) mass is 326 g/mol. The van der Waals surface area contributed by atoms with Crippen molar-refractivity contribution < 1.29 is 18.3 Å². The topological polar surface area (TPSA) is 86.7 Å². The first-order valence-electron chi connectivity index (χ1n) is 7.30. The Balaban J connectivity index is 2.29. The smallest absolute Gasteiger partial charge is 0.240 e. The van der Waals surface area contributed by atoms with Gasteiger partial charge in [-0.2, -0.15) is 0 Å². The molecule has 2 rings (SSSR count). The molecule has 1 atom stereocenters. The van der Waals surface area contributed by atoms with Crippen molar-refractivity contribution in [3.05, 3.63) is 23.8 Å². The summed E-state index contributed by atoms with van der Waals surface area (Å²) in [5.74, 6) is -0.0601. The molecule has 1 aromatic rings. The number of amides is 1. The van der Waals surface area contributed by atoms with Crippen LogP contribution in [0.25, 0.3) is 0 Å². The van der Waals surface area contributed by atoms with E-state index in [2.05, 4.69) is 4.72 Å². The Morgan fingerprint density at radius 2 is 2.09 bits per heavy atom. The molecule has 1 amide bonds. The minimum absolute atomic E-state index is 0.0117. The van der Waals surface area contributed by atoms with Crippen LogP contribution in [0.4, 0.5) is 5.69 Å². The lowest BCUT2D eigenvalue weighted by Crippen LogP contribution is -2.41. The van der Waals surface area contributed by atoms with Gasteiger partial charge in [-0.3, -0.25) is 4.79 Å². The van der Waals surface area contributed by atoms with Gasteiger partial charge in [0.15, 0.2) is 0 Å². The Hall–Kier alpha value is -1.44. The van der Waals surface area contributed by atoms with Crippen LogP contribution in [0.1, 0.15) is 26.3 Å². The van der Waals surface area contributed by atoms with Crippen LogP contribution in [-0.4, -0.2) is 38.6 Å². The number of aliphatic hydroxyl groups excluding tert-OH is 1. The minimum Gasteiger partial charge on any atom is -0.395 e. The molecule has 0 aliphatic carbocycles. The van der Waals surface area contributed by atoms with Crippen LogP contribution in [0.15, 0.2) is 23.1 Å². The van der Waals surface area contributed by atoms with E-state index in [1.165, 1.54) is 13.0 Å². The van der Waals surface area contributed by atoms with Crippen molar-refractivity contribution in [3.63, 3.8) is 0 Å². The second-order valence-corrected chi connectivity index (χ2v) is 7.58. The molecule has 0 aromatic heterocycles. The maximum Gasteiger partial charge on any atom is 0.240 e. The van der Waals surface area contributed by atoms with Crippen LogP contribution in [0.3, 0.4) is 0 Å². The molecule has 22 heavy (non-hydrogen) atoms. The Kier molecular flexibility index (Phi) is 4.89. The Morgan fingerprint density at radius 1 is 1.41 bits per heavy atom. The fourth-order valence-corrected chi connectivity index (χ4v) is 3.95. The van der Waals surface area contributed by atoms with Crippen molar-refractivity contribution in [2.24, 2.45) is 5.92 Å². The van der Waals surface area contributed by atoms with E-state index in [0.717, 1.165) is 11.3 Å². The number of hydrogen-bond acceptors (Lipinski definition) is 4. The number of sulfonamides is 1. The highest BCUT2D eigenvalue weighted by Crippen LogP contribution is 2.30. The molecule has 0 saturated heterocycles. The lowest BCUT2D eigenvalue weighted by Gasteiger charge is -2.20. The third kappa shape index (κ3) is 3.31. The second kappa shape index (κ2) is 6.36. The minimum atomic E-state index is -3.69. The summed E-state index contributed by atoms with van der Waals surface area (Å²) < 4.78 is 27.4. The van der Waals surface area contributed by atoms with Crippen LogP contribution in [0.2, 0.25) is 0 Å². The molecular weight excluding hydrogens is 304 g/mol. The highest BCUT2D eigenvalue weighted by molar-refractivity contribution is 7.89. The lowest BCUT2D eigenvalue weighted by atomic mass is 10.1. The van der Waals surface area contributed by atoms with Crippen molar-refractivity contribution in [2.75, 3.05) is 18.1 Å². The molecule has 0 fully saturated rings. The molecule has 1 aromatic carbocycles. The molecule has 2 N–H and O–H groups in total. The lowest BCUT2D eigenvalue weighted by molar-refractivity contribution is -0.116. The molecule has 1 aliphatic rings. The van der Waals surface area contributed by atoms with E-state index in [1.54, 1.807) is 17.0 Å². The average molecular weight is 326 g/mol. The summed E-state index contributed by atoms with van der Waals surface area (Å²) in [7, 11) is -3.69. The van der Waals surface area contributed by atoms with Gasteiger partial charge in [0.25, 0.3) is 0 Å². The number of hydrogen-bond donors (Lipinski definition) is 2. The number of benzene rings is 1. The van der Waals surface area contributed by atoms with Crippen molar-refractivity contribution in [3.8, 4) is 0 Å². The third-order valence-corrected chi connectivity index (χ3v) is 5.43. The molecule has 0 unspecified atom stereocenters. The molecular formula is C15H22N2O4S. The predicted octanol–water partition coefficient (Wildman–Crippen LogP) is 0.891. The summed E-state index contributed by atoms with van der Waals surface area (Å²) in [5, 5.41) is 9.29. The molecule has 0 spiro atoms. The van der Waals surface area contributed by atoms with Crippen LogP contribution < -0.4 is 9.62 Å². The summed E-state index contributed by atoms with van der Waals surface area (Å²) in [6.07, 6.45) is 0.645. The largest absolute Gasteiger partial charge is 0.395 e. The van der Waals surface area contributed by atoms with Gasteiger partial charge in [0.2, 0.25) is 15.9 Å². The SMILES string of the molecule is CC(=O)N1CCc2cc(S(=O)(=O)N[C@H](CO)C(C)C)ccc21. The van der Waals surface area contributed by atoms with E-state index in [0.29, 0.717) is 13.0 Å². The fraction of sp³-hybridized carbons (Fsp3) is 0.533. The van der Waals surface area contributed by atoms with Gasteiger partial charge >= 0.3 is 0 Å². The van der Waals surface area contributed by atoms with Gasteiger partial charge in [-0.25, -0.2) is 13.1 Å². The first-order chi connectivity index (χ1) is 10.3. The Morgan fingerprint density at radius 3 is 2.64 bits per heavy atom. The van der Waals surface area contributed by atoms with E-state index in [-0.39, 0.29) is 23.3 Å². The zero-order chi connectivity index (χ0) is 16.5. The van der Waals surface area contributed by atoms with Crippen LogP contribution in [-0.2, 0) is 21.2 Å². The van der Waals surface area contributed by atoms with E-state index in [9.17, 15) is 18.3 Å². The van der Waals surface area contributed by atoms with Crippen LogP contribution >= 0.6 is 0 Å². The maximum atomic E-state index is 12.4.